The van der Waals surface area contributed by atoms with E-state index in [1.807, 2.05) is 18.2 Å². The van der Waals surface area contributed by atoms with Gasteiger partial charge in [-0.05, 0) is 43.9 Å². The van der Waals surface area contributed by atoms with E-state index in [1.165, 1.54) is 6.08 Å². The highest BCUT2D eigenvalue weighted by atomic mass is 16.5. The van der Waals surface area contributed by atoms with Crippen molar-refractivity contribution >= 4 is 11.8 Å². The summed E-state index contributed by atoms with van der Waals surface area (Å²) in [7, 11) is 0. The number of Topliss-reactive ketones (excluding diaryl/α,β-unsaturated/α-hetero) is 1. The third kappa shape index (κ3) is 8.25. The summed E-state index contributed by atoms with van der Waals surface area (Å²) in [5.74, 6) is 0.222. The molecule has 0 aromatic carbocycles. The van der Waals surface area contributed by atoms with Crippen LogP contribution in [-0.4, -0.2) is 29.6 Å². The predicted octanol–water partition coefficient (Wildman–Crippen LogP) is 4.78. The van der Waals surface area contributed by atoms with Crippen LogP contribution in [0.1, 0.15) is 66.2 Å². The zero-order valence-corrected chi connectivity index (χ0v) is 17.3. The summed E-state index contributed by atoms with van der Waals surface area (Å²) in [6.07, 6.45) is 15.4. The van der Waals surface area contributed by atoms with Crippen LogP contribution in [0.5, 0.6) is 0 Å². The van der Waals surface area contributed by atoms with E-state index in [0.29, 0.717) is 18.8 Å². The number of esters is 1. The first-order valence-corrected chi connectivity index (χ1v) is 10.2. The van der Waals surface area contributed by atoms with E-state index in [2.05, 4.69) is 26.8 Å². The largest absolute Gasteiger partial charge is 0.463 e. The summed E-state index contributed by atoms with van der Waals surface area (Å²) in [6, 6.07) is 0. The van der Waals surface area contributed by atoms with Gasteiger partial charge < -0.3 is 9.84 Å². The topological polar surface area (TPSA) is 63.6 Å². The Balaban J connectivity index is 2.52. The van der Waals surface area contributed by atoms with Gasteiger partial charge >= 0.3 is 5.97 Å². The summed E-state index contributed by atoms with van der Waals surface area (Å²) in [5, 5.41) is 10.4. The molecule has 1 unspecified atom stereocenters. The highest BCUT2D eigenvalue weighted by Crippen LogP contribution is 2.34. The molecule has 0 spiro atoms. The van der Waals surface area contributed by atoms with Crippen molar-refractivity contribution in [2.45, 2.75) is 72.3 Å². The predicted molar refractivity (Wildman–Crippen MR) is 109 cm³/mol. The van der Waals surface area contributed by atoms with E-state index >= 15 is 0 Å². The Morgan fingerprint density at radius 1 is 1.33 bits per heavy atom. The molecular formula is C23H36O4. The first kappa shape index (κ1) is 23.4. The zero-order chi connectivity index (χ0) is 20.3. The zero-order valence-electron chi connectivity index (χ0n) is 17.3. The molecule has 0 bridgehead atoms. The summed E-state index contributed by atoms with van der Waals surface area (Å²) in [6.45, 7) is 8.43. The van der Waals surface area contributed by atoms with Crippen LogP contribution in [0.15, 0.2) is 36.5 Å². The molecule has 3 atom stereocenters. The minimum atomic E-state index is -0.485. The Labute approximate surface area is 164 Å². The Morgan fingerprint density at radius 2 is 2.07 bits per heavy atom. The number of allylic oxidation sites excluding steroid dienone is 4. The molecule has 0 aliphatic heterocycles. The van der Waals surface area contributed by atoms with Gasteiger partial charge in [-0.3, -0.25) is 4.79 Å². The standard InChI is InChI=1S/C23H36O4/c1-5-17-23(3,4)21(25)16-14-18-13-15-20(24)19(18)11-9-7-8-10-12-22(26)27-6-2/h7-8,10,12,14,16,18-19,21,25H,5-6,9,11,13,15,17H2,1-4H3/b8-7+,12-10+,16-14?/t18-,19-,21?/m1/s1. The lowest BCUT2D eigenvalue weighted by Gasteiger charge is -2.28. The van der Waals surface area contributed by atoms with Gasteiger partial charge in [0.25, 0.3) is 0 Å². The van der Waals surface area contributed by atoms with Crippen molar-refractivity contribution in [1.82, 2.24) is 0 Å². The molecule has 1 saturated carbocycles. The smallest absolute Gasteiger partial charge is 0.330 e. The number of ether oxygens (including phenoxy) is 1. The van der Waals surface area contributed by atoms with Crippen molar-refractivity contribution in [2.24, 2.45) is 17.3 Å². The van der Waals surface area contributed by atoms with Crippen LogP contribution >= 0.6 is 0 Å². The maximum absolute atomic E-state index is 12.2. The minimum absolute atomic E-state index is 0.0291. The monoisotopic (exact) mass is 376 g/mol. The highest BCUT2D eigenvalue weighted by Gasteiger charge is 2.33. The highest BCUT2D eigenvalue weighted by molar-refractivity contribution is 5.83. The molecule has 0 heterocycles. The lowest BCUT2D eigenvalue weighted by molar-refractivity contribution is -0.137. The maximum atomic E-state index is 12.2. The number of hydrogen-bond acceptors (Lipinski definition) is 4. The van der Waals surface area contributed by atoms with E-state index in [9.17, 15) is 14.7 Å². The lowest BCUT2D eigenvalue weighted by Crippen LogP contribution is -2.27. The molecule has 0 aromatic rings. The summed E-state index contributed by atoms with van der Waals surface area (Å²) < 4.78 is 4.81. The molecule has 0 saturated heterocycles. The molecule has 0 amide bonds. The van der Waals surface area contributed by atoms with Crippen molar-refractivity contribution < 1.29 is 19.4 Å². The first-order valence-electron chi connectivity index (χ1n) is 10.2. The number of aliphatic hydroxyl groups excluding tert-OH is 1. The average Bonchev–Trinajstić information content (AvgIpc) is 2.96. The molecule has 4 heteroatoms. The normalized spacial score (nSPS) is 22.3. The van der Waals surface area contributed by atoms with Crippen molar-refractivity contribution in [1.29, 1.82) is 0 Å². The summed E-state index contributed by atoms with van der Waals surface area (Å²) in [4.78, 5) is 23.4. The second-order valence-electron chi connectivity index (χ2n) is 7.96. The van der Waals surface area contributed by atoms with Gasteiger partial charge in [-0.25, -0.2) is 4.79 Å². The van der Waals surface area contributed by atoms with Gasteiger partial charge in [0, 0.05) is 18.4 Å². The Hall–Kier alpha value is -1.68. The molecule has 1 fully saturated rings. The van der Waals surface area contributed by atoms with Gasteiger partial charge in [-0.2, -0.15) is 0 Å². The van der Waals surface area contributed by atoms with Crippen LogP contribution in [0.25, 0.3) is 0 Å². The van der Waals surface area contributed by atoms with Gasteiger partial charge in [0.2, 0.25) is 0 Å². The van der Waals surface area contributed by atoms with E-state index in [-0.39, 0.29) is 23.2 Å². The molecule has 4 nitrogen and oxygen atoms in total. The van der Waals surface area contributed by atoms with Crippen LogP contribution in [-0.2, 0) is 14.3 Å². The number of carbonyl (C=O) groups is 2. The van der Waals surface area contributed by atoms with Gasteiger partial charge in [0.05, 0.1) is 12.7 Å². The van der Waals surface area contributed by atoms with Crippen LogP contribution < -0.4 is 0 Å². The third-order valence-electron chi connectivity index (χ3n) is 5.30. The summed E-state index contributed by atoms with van der Waals surface area (Å²) >= 11 is 0. The second-order valence-corrected chi connectivity index (χ2v) is 7.96. The van der Waals surface area contributed by atoms with E-state index in [0.717, 1.165) is 32.1 Å². The molecule has 152 valence electrons. The van der Waals surface area contributed by atoms with Crippen LogP contribution in [0.4, 0.5) is 0 Å². The van der Waals surface area contributed by atoms with Crippen molar-refractivity contribution in [2.75, 3.05) is 6.61 Å². The molecule has 0 radical (unpaired) electrons. The van der Waals surface area contributed by atoms with E-state index < -0.39 is 6.10 Å². The number of aliphatic hydroxyl groups is 1. The Bertz CT molecular complexity index is 557. The SMILES string of the molecule is CCCC(C)(C)C(O)C=C[C@H]1CCC(=O)[C@@H]1CC/C=C/C=C/C(=O)OCC. The summed E-state index contributed by atoms with van der Waals surface area (Å²) in [5.41, 5.74) is -0.142. The molecule has 27 heavy (non-hydrogen) atoms. The van der Waals surface area contributed by atoms with Gasteiger partial charge in [0.15, 0.2) is 0 Å². The van der Waals surface area contributed by atoms with E-state index in [1.54, 1.807) is 13.0 Å². The van der Waals surface area contributed by atoms with Gasteiger partial charge in [-0.15, -0.1) is 0 Å². The maximum Gasteiger partial charge on any atom is 0.330 e. The number of hydrogen-bond donors (Lipinski definition) is 1. The third-order valence-corrected chi connectivity index (χ3v) is 5.30. The minimum Gasteiger partial charge on any atom is -0.463 e. The number of carbonyl (C=O) groups excluding carboxylic acids is 2. The molecule has 1 N–H and O–H groups in total. The fraction of sp³-hybridized carbons (Fsp3) is 0.652. The van der Waals surface area contributed by atoms with Crippen molar-refractivity contribution in [3.05, 3.63) is 36.5 Å². The van der Waals surface area contributed by atoms with Crippen molar-refractivity contribution in [3.8, 4) is 0 Å². The van der Waals surface area contributed by atoms with Crippen LogP contribution in [0.3, 0.4) is 0 Å². The molecule has 1 rings (SSSR count). The molecule has 0 aromatic heterocycles. The Morgan fingerprint density at radius 3 is 2.74 bits per heavy atom. The van der Waals surface area contributed by atoms with E-state index in [4.69, 9.17) is 4.74 Å². The van der Waals surface area contributed by atoms with Gasteiger partial charge in [0.1, 0.15) is 5.78 Å². The lowest BCUT2D eigenvalue weighted by atomic mass is 9.81. The average molecular weight is 377 g/mol. The second kappa shape index (κ2) is 11.9. The quantitative estimate of drug-likeness (QED) is 0.244. The Kier molecular flexibility index (Phi) is 10.3. The van der Waals surface area contributed by atoms with Crippen LogP contribution in [0, 0.1) is 17.3 Å². The molecule has 1 aliphatic rings. The van der Waals surface area contributed by atoms with Crippen LogP contribution in [0.2, 0.25) is 0 Å². The number of ketones is 1. The molecular weight excluding hydrogens is 340 g/mol. The fourth-order valence-corrected chi connectivity index (χ4v) is 3.62. The van der Waals surface area contributed by atoms with Crippen molar-refractivity contribution in [3.63, 3.8) is 0 Å². The molecule has 1 aliphatic carbocycles. The van der Waals surface area contributed by atoms with Gasteiger partial charge in [-0.1, -0.05) is 57.6 Å². The number of rotatable bonds is 11. The fourth-order valence-electron chi connectivity index (χ4n) is 3.62. The first-order chi connectivity index (χ1) is 12.8.